The fourth-order valence-electron chi connectivity index (χ4n) is 5.73. The molecule has 0 saturated carbocycles. The van der Waals surface area contributed by atoms with E-state index in [-0.39, 0.29) is 0 Å². The van der Waals surface area contributed by atoms with Gasteiger partial charge in [-0.25, -0.2) is 0 Å². The van der Waals surface area contributed by atoms with Gasteiger partial charge in [-0.2, -0.15) is 0 Å². The second kappa shape index (κ2) is 8.61. The van der Waals surface area contributed by atoms with Crippen molar-refractivity contribution in [3.63, 3.8) is 0 Å². The largest absolute Gasteiger partial charge is 0.0682 e. The van der Waals surface area contributed by atoms with Crippen LogP contribution in [0.1, 0.15) is 101 Å². The molecule has 0 bridgehead atoms. The molecule has 122 valence electrons. The van der Waals surface area contributed by atoms with Crippen LogP contribution in [0.2, 0.25) is 21.7 Å². The van der Waals surface area contributed by atoms with E-state index in [1.54, 1.807) is 0 Å². The molecule has 0 N–H and O–H groups in total. The van der Waals surface area contributed by atoms with Crippen LogP contribution in [0.25, 0.3) is 0 Å². The van der Waals surface area contributed by atoms with Crippen LogP contribution in [0.5, 0.6) is 0 Å². The molecular weight excluding hydrogens is 256 g/mol. The molecule has 0 spiro atoms. The smallest absolute Gasteiger partial charge is 0.0654 e. The van der Waals surface area contributed by atoms with Crippen molar-refractivity contribution in [3.05, 3.63) is 0 Å². The summed E-state index contributed by atoms with van der Waals surface area (Å²) in [5, 5.41) is 0.525. The molecule has 20 heavy (non-hydrogen) atoms. The van der Waals surface area contributed by atoms with Gasteiger partial charge < -0.3 is 0 Å². The molecule has 0 aromatic carbocycles. The predicted octanol–water partition coefficient (Wildman–Crippen LogP) is 7.81. The van der Waals surface area contributed by atoms with Crippen molar-refractivity contribution < 1.29 is 0 Å². The zero-order chi connectivity index (χ0) is 16.0. The molecule has 0 aromatic heterocycles. The third-order valence-corrected chi connectivity index (χ3v) is 15.4. The zero-order valence-electron chi connectivity index (χ0n) is 16.0. The van der Waals surface area contributed by atoms with Gasteiger partial charge in [-0.3, -0.25) is 0 Å². The highest BCUT2D eigenvalue weighted by molar-refractivity contribution is 6.86. The quantitative estimate of drug-likeness (QED) is 0.381. The maximum absolute atomic E-state index is 2.58. The van der Waals surface area contributed by atoms with E-state index in [9.17, 15) is 0 Å². The van der Waals surface area contributed by atoms with Gasteiger partial charge in [-0.1, -0.05) is 101 Å². The molecule has 0 saturated heterocycles. The lowest BCUT2D eigenvalue weighted by molar-refractivity contribution is 0.526. The molecule has 0 aliphatic carbocycles. The van der Waals surface area contributed by atoms with E-state index in [1.807, 2.05) is 0 Å². The summed E-state index contributed by atoms with van der Waals surface area (Å²) in [6.07, 6.45) is 8.37. The van der Waals surface area contributed by atoms with E-state index in [0.29, 0.717) is 5.04 Å². The van der Waals surface area contributed by atoms with Crippen LogP contribution in [0.15, 0.2) is 0 Å². The Morgan fingerprint density at radius 3 is 0.850 bits per heavy atom. The van der Waals surface area contributed by atoms with Gasteiger partial charge in [0, 0.05) is 0 Å². The van der Waals surface area contributed by atoms with Crippen LogP contribution < -0.4 is 0 Å². The normalized spacial score (nSPS) is 13.8. The Hall–Kier alpha value is 0.217. The maximum Gasteiger partial charge on any atom is 0.0682 e. The van der Waals surface area contributed by atoms with Crippen molar-refractivity contribution in [2.75, 3.05) is 0 Å². The van der Waals surface area contributed by atoms with Gasteiger partial charge >= 0.3 is 0 Å². The van der Waals surface area contributed by atoms with Gasteiger partial charge in [0.25, 0.3) is 0 Å². The summed E-state index contributed by atoms with van der Waals surface area (Å²) in [6, 6.07) is 0. The van der Waals surface area contributed by atoms with Crippen LogP contribution in [-0.2, 0) is 0 Å². The summed E-state index contributed by atoms with van der Waals surface area (Å²) in [5.74, 6) is 0. The molecule has 0 aliphatic rings. The number of hydrogen-bond acceptors (Lipinski definition) is 0. The summed E-state index contributed by atoms with van der Waals surface area (Å²) in [6.45, 7) is 22.4. The highest BCUT2D eigenvalue weighted by Gasteiger charge is 2.55. The van der Waals surface area contributed by atoms with Gasteiger partial charge in [0.1, 0.15) is 0 Å². The molecule has 0 heterocycles. The fourth-order valence-corrected chi connectivity index (χ4v) is 15.5. The topological polar surface area (TPSA) is 0 Å². The van der Waals surface area contributed by atoms with Crippen molar-refractivity contribution in [2.24, 2.45) is 0 Å². The average Bonchev–Trinajstić information content (AvgIpc) is 2.40. The van der Waals surface area contributed by atoms with Crippen LogP contribution in [-0.4, -0.2) is 8.07 Å². The highest BCUT2D eigenvalue weighted by atomic mass is 28.3. The lowest BCUT2D eigenvalue weighted by Crippen LogP contribution is -2.55. The van der Waals surface area contributed by atoms with Gasteiger partial charge in [0.05, 0.1) is 8.07 Å². The maximum atomic E-state index is 2.58. The van der Waals surface area contributed by atoms with Gasteiger partial charge in [-0.15, -0.1) is 0 Å². The van der Waals surface area contributed by atoms with E-state index in [1.165, 1.54) is 38.5 Å². The van der Waals surface area contributed by atoms with Crippen LogP contribution >= 0.6 is 0 Å². The van der Waals surface area contributed by atoms with E-state index >= 15 is 0 Å². The SMILES string of the molecule is CCC(CC)[Si](C(CC)CC)(C(CC)CC)C(C)(C)C. The van der Waals surface area contributed by atoms with Crippen molar-refractivity contribution in [1.29, 1.82) is 0 Å². The molecule has 0 aromatic rings. The minimum atomic E-state index is -1.39. The zero-order valence-corrected chi connectivity index (χ0v) is 17.0. The Labute approximate surface area is 131 Å². The molecule has 1 heteroatoms. The van der Waals surface area contributed by atoms with Crippen molar-refractivity contribution >= 4 is 8.07 Å². The summed E-state index contributed by atoms with van der Waals surface area (Å²) >= 11 is 0. The monoisotopic (exact) mass is 298 g/mol. The highest BCUT2D eigenvalue weighted by Crippen LogP contribution is 2.61. The van der Waals surface area contributed by atoms with Crippen molar-refractivity contribution in [3.8, 4) is 0 Å². The van der Waals surface area contributed by atoms with Crippen molar-refractivity contribution in [2.45, 2.75) is 123 Å². The van der Waals surface area contributed by atoms with E-state index in [4.69, 9.17) is 0 Å². The first-order valence-electron chi connectivity index (χ1n) is 9.31. The lowest BCUT2D eigenvalue weighted by Gasteiger charge is -2.57. The molecule has 0 aliphatic heterocycles. The Balaban J connectivity index is 6.15. The molecule has 0 nitrogen and oxygen atoms in total. The Morgan fingerprint density at radius 2 is 0.750 bits per heavy atom. The Bertz CT molecular complexity index is 208. The van der Waals surface area contributed by atoms with Gasteiger partial charge in [-0.05, 0) is 21.7 Å². The first-order valence-corrected chi connectivity index (χ1v) is 11.5. The molecule has 0 unspecified atom stereocenters. The van der Waals surface area contributed by atoms with Gasteiger partial charge in [0.15, 0.2) is 0 Å². The van der Waals surface area contributed by atoms with E-state index in [2.05, 4.69) is 62.3 Å². The standard InChI is InChI=1S/C19H42Si/c1-10-16(11-2)20(19(7,8)9,17(12-3)13-4)18(14-5)15-6/h16-18H,10-15H2,1-9H3. The molecule has 0 atom stereocenters. The second-order valence-electron chi connectivity index (χ2n) is 7.72. The molecule has 0 amide bonds. The first kappa shape index (κ1) is 20.2. The third kappa shape index (κ3) is 3.51. The average molecular weight is 299 g/mol. The summed E-state index contributed by atoms with van der Waals surface area (Å²) in [4.78, 5) is 0. The molecule has 0 fully saturated rings. The number of hydrogen-bond donors (Lipinski definition) is 0. The van der Waals surface area contributed by atoms with Crippen LogP contribution in [0, 0.1) is 0 Å². The Kier molecular flexibility index (Phi) is 8.70. The van der Waals surface area contributed by atoms with E-state index in [0.717, 1.165) is 16.6 Å². The Morgan fingerprint density at radius 1 is 0.550 bits per heavy atom. The van der Waals surface area contributed by atoms with E-state index < -0.39 is 8.07 Å². The lowest BCUT2D eigenvalue weighted by atomic mass is 10.2. The molecule has 0 radical (unpaired) electrons. The first-order chi connectivity index (χ1) is 9.31. The second-order valence-corrected chi connectivity index (χ2v) is 13.5. The van der Waals surface area contributed by atoms with Crippen LogP contribution in [0.3, 0.4) is 0 Å². The summed E-state index contributed by atoms with van der Waals surface area (Å²) in [7, 11) is -1.39. The summed E-state index contributed by atoms with van der Waals surface area (Å²) in [5.41, 5.74) is 2.99. The summed E-state index contributed by atoms with van der Waals surface area (Å²) < 4.78 is 0. The number of rotatable bonds is 9. The van der Waals surface area contributed by atoms with Crippen LogP contribution in [0.4, 0.5) is 0 Å². The van der Waals surface area contributed by atoms with Crippen molar-refractivity contribution in [1.82, 2.24) is 0 Å². The minimum Gasteiger partial charge on any atom is -0.0654 e. The molecular formula is C19H42Si. The minimum absolute atomic E-state index is 0.525. The predicted molar refractivity (Wildman–Crippen MR) is 98.5 cm³/mol. The molecule has 0 rings (SSSR count). The fraction of sp³-hybridized carbons (Fsp3) is 1.00. The third-order valence-electron chi connectivity index (χ3n) is 6.28. The van der Waals surface area contributed by atoms with Gasteiger partial charge in [0.2, 0.25) is 0 Å².